The maximum absolute atomic E-state index is 13.2. The van der Waals surface area contributed by atoms with E-state index in [1.54, 1.807) is 0 Å². The Labute approximate surface area is 155 Å². The lowest BCUT2D eigenvalue weighted by Gasteiger charge is -2.18. The molecule has 1 atom stereocenters. The number of aryl methyl sites for hydroxylation is 2. The van der Waals surface area contributed by atoms with Crippen molar-refractivity contribution >= 4 is 11.8 Å². The van der Waals surface area contributed by atoms with E-state index in [2.05, 4.69) is 0 Å². The molecule has 2 aromatic rings. The Bertz CT molecular complexity index is 815. The average molecular weight is 353 g/mol. The standard InChI is InChI=1S/C22H27NO3/c1-14(2)26-22(25)20-16(4)13-23-18(20)7-5-6-8-19(23)21(24)17-11-9-15(3)10-12-17/h9-14,19H,5-8H2,1-4H3. The van der Waals surface area contributed by atoms with Crippen LogP contribution < -0.4 is 0 Å². The van der Waals surface area contributed by atoms with Gasteiger partial charge in [0.2, 0.25) is 0 Å². The smallest absolute Gasteiger partial charge is 0.340 e. The van der Waals surface area contributed by atoms with Gasteiger partial charge in [-0.05, 0) is 52.5 Å². The van der Waals surface area contributed by atoms with E-state index >= 15 is 0 Å². The number of rotatable bonds is 4. The number of carbonyl (C=O) groups excluding carboxylic acids is 2. The van der Waals surface area contributed by atoms with E-state index in [-0.39, 0.29) is 23.9 Å². The largest absolute Gasteiger partial charge is 0.459 e. The molecule has 2 heterocycles. The van der Waals surface area contributed by atoms with Gasteiger partial charge in [0.15, 0.2) is 5.78 Å². The van der Waals surface area contributed by atoms with Crippen molar-refractivity contribution in [2.24, 2.45) is 0 Å². The number of benzene rings is 1. The van der Waals surface area contributed by atoms with E-state index in [0.717, 1.165) is 48.1 Å². The highest BCUT2D eigenvalue weighted by molar-refractivity contribution is 5.99. The number of carbonyl (C=O) groups is 2. The van der Waals surface area contributed by atoms with E-state index in [1.165, 1.54) is 0 Å². The lowest BCUT2D eigenvalue weighted by Crippen LogP contribution is -2.21. The van der Waals surface area contributed by atoms with Crippen LogP contribution in [-0.2, 0) is 11.2 Å². The molecule has 0 amide bonds. The maximum atomic E-state index is 13.2. The van der Waals surface area contributed by atoms with Crippen molar-refractivity contribution in [3.63, 3.8) is 0 Å². The minimum absolute atomic E-state index is 0.118. The van der Waals surface area contributed by atoms with Gasteiger partial charge in [-0.3, -0.25) is 4.79 Å². The summed E-state index contributed by atoms with van der Waals surface area (Å²) in [5, 5.41) is 0. The highest BCUT2D eigenvalue weighted by Crippen LogP contribution is 2.32. The zero-order chi connectivity index (χ0) is 18.8. The average Bonchev–Trinajstić information content (AvgIpc) is 2.77. The molecule has 3 rings (SSSR count). The summed E-state index contributed by atoms with van der Waals surface area (Å²) in [5.74, 6) is -0.165. The van der Waals surface area contributed by atoms with E-state index in [1.807, 2.05) is 62.7 Å². The second kappa shape index (κ2) is 7.48. The summed E-state index contributed by atoms with van der Waals surface area (Å²) < 4.78 is 7.47. The highest BCUT2D eigenvalue weighted by Gasteiger charge is 2.30. The van der Waals surface area contributed by atoms with Crippen LogP contribution in [-0.4, -0.2) is 22.4 Å². The minimum Gasteiger partial charge on any atom is -0.459 e. The topological polar surface area (TPSA) is 48.3 Å². The zero-order valence-electron chi connectivity index (χ0n) is 16.0. The summed E-state index contributed by atoms with van der Waals surface area (Å²) in [6.07, 6.45) is 5.34. The first kappa shape index (κ1) is 18.4. The third kappa shape index (κ3) is 3.59. The molecule has 1 aromatic heterocycles. The van der Waals surface area contributed by atoms with Crippen LogP contribution in [0.15, 0.2) is 30.5 Å². The Balaban J connectivity index is 2.00. The molecule has 1 aromatic carbocycles. The zero-order valence-corrected chi connectivity index (χ0v) is 16.0. The number of ether oxygens (including phenoxy) is 1. The third-order valence-corrected chi connectivity index (χ3v) is 4.99. The van der Waals surface area contributed by atoms with Crippen LogP contribution in [0.1, 0.15) is 76.7 Å². The van der Waals surface area contributed by atoms with Crippen LogP contribution in [0.5, 0.6) is 0 Å². The number of hydrogen-bond acceptors (Lipinski definition) is 3. The molecule has 26 heavy (non-hydrogen) atoms. The Morgan fingerprint density at radius 1 is 1.12 bits per heavy atom. The van der Waals surface area contributed by atoms with E-state index < -0.39 is 0 Å². The first-order valence-corrected chi connectivity index (χ1v) is 9.40. The molecule has 0 fully saturated rings. The van der Waals surface area contributed by atoms with Gasteiger partial charge in [0.05, 0.1) is 17.7 Å². The Hall–Kier alpha value is -2.36. The first-order valence-electron chi connectivity index (χ1n) is 9.40. The van der Waals surface area contributed by atoms with Crippen LogP contribution >= 0.6 is 0 Å². The predicted molar refractivity (Wildman–Crippen MR) is 102 cm³/mol. The van der Waals surface area contributed by atoms with Gasteiger partial charge in [-0.15, -0.1) is 0 Å². The normalized spacial score (nSPS) is 16.9. The van der Waals surface area contributed by atoms with Gasteiger partial charge in [-0.1, -0.05) is 36.2 Å². The van der Waals surface area contributed by atoms with Crippen molar-refractivity contribution in [3.05, 3.63) is 58.4 Å². The second-order valence-electron chi connectivity index (χ2n) is 7.49. The molecular weight excluding hydrogens is 326 g/mol. The van der Waals surface area contributed by atoms with E-state index in [0.29, 0.717) is 5.56 Å². The molecule has 138 valence electrons. The fraction of sp³-hybridized carbons (Fsp3) is 0.455. The predicted octanol–water partition coefficient (Wildman–Crippen LogP) is 4.82. The summed E-state index contributed by atoms with van der Waals surface area (Å²) in [5.41, 5.74) is 4.33. The summed E-state index contributed by atoms with van der Waals surface area (Å²) >= 11 is 0. The highest BCUT2D eigenvalue weighted by atomic mass is 16.5. The molecule has 1 unspecified atom stereocenters. The molecule has 0 saturated heterocycles. The first-order chi connectivity index (χ1) is 12.4. The van der Waals surface area contributed by atoms with E-state index in [9.17, 15) is 9.59 Å². The fourth-order valence-corrected chi connectivity index (χ4v) is 3.73. The van der Waals surface area contributed by atoms with Gasteiger partial charge < -0.3 is 9.30 Å². The van der Waals surface area contributed by atoms with Crippen molar-refractivity contribution in [1.29, 1.82) is 0 Å². The van der Waals surface area contributed by atoms with Crippen molar-refractivity contribution < 1.29 is 14.3 Å². The summed E-state index contributed by atoms with van der Waals surface area (Å²) in [4.78, 5) is 25.7. The molecule has 1 aliphatic heterocycles. The molecule has 0 radical (unpaired) electrons. The number of ketones is 1. The maximum Gasteiger partial charge on any atom is 0.340 e. The number of nitrogens with zero attached hydrogens (tertiary/aromatic N) is 1. The van der Waals surface area contributed by atoms with Crippen LogP contribution in [0.25, 0.3) is 0 Å². The lowest BCUT2D eigenvalue weighted by atomic mass is 9.99. The van der Waals surface area contributed by atoms with Crippen LogP contribution in [0.3, 0.4) is 0 Å². The van der Waals surface area contributed by atoms with Gasteiger partial charge in [-0.2, -0.15) is 0 Å². The van der Waals surface area contributed by atoms with Crippen LogP contribution in [0.2, 0.25) is 0 Å². The van der Waals surface area contributed by atoms with Gasteiger partial charge >= 0.3 is 5.97 Å². The van der Waals surface area contributed by atoms with Crippen molar-refractivity contribution in [2.75, 3.05) is 0 Å². The molecule has 1 aliphatic rings. The molecule has 0 aliphatic carbocycles. The number of esters is 1. The minimum atomic E-state index is -0.283. The van der Waals surface area contributed by atoms with Crippen LogP contribution in [0, 0.1) is 13.8 Å². The van der Waals surface area contributed by atoms with Crippen LogP contribution in [0.4, 0.5) is 0 Å². The van der Waals surface area contributed by atoms with Gasteiger partial charge in [0.1, 0.15) is 0 Å². The SMILES string of the molecule is Cc1ccc(C(=O)C2CCCCc3c(C(=O)OC(C)C)c(C)cn32)cc1. The summed E-state index contributed by atoms with van der Waals surface area (Å²) in [7, 11) is 0. The number of fused-ring (bicyclic) bond motifs is 1. The molecule has 4 heteroatoms. The fourth-order valence-electron chi connectivity index (χ4n) is 3.73. The summed E-state index contributed by atoms with van der Waals surface area (Å²) in [6, 6.07) is 7.47. The van der Waals surface area contributed by atoms with Crippen molar-refractivity contribution in [2.45, 2.75) is 65.5 Å². The molecular formula is C22H27NO3. The monoisotopic (exact) mass is 353 g/mol. The van der Waals surface area contributed by atoms with Crippen molar-refractivity contribution in [3.8, 4) is 0 Å². The Morgan fingerprint density at radius 2 is 1.81 bits per heavy atom. The van der Waals surface area contributed by atoms with E-state index in [4.69, 9.17) is 4.74 Å². The molecule has 0 bridgehead atoms. The lowest BCUT2D eigenvalue weighted by molar-refractivity contribution is 0.0375. The summed E-state index contributed by atoms with van der Waals surface area (Å²) in [6.45, 7) is 7.64. The van der Waals surface area contributed by atoms with Gasteiger partial charge in [0.25, 0.3) is 0 Å². The molecule has 0 saturated carbocycles. The van der Waals surface area contributed by atoms with Gasteiger partial charge in [-0.25, -0.2) is 4.79 Å². The molecule has 0 N–H and O–H groups in total. The second-order valence-corrected chi connectivity index (χ2v) is 7.49. The third-order valence-electron chi connectivity index (χ3n) is 4.99. The number of aromatic nitrogens is 1. The van der Waals surface area contributed by atoms with Crippen molar-refractivity contribution in [1.82, 2.24) is 4.57 Å². The Kier molecular flexibility index (Phi) is 5.30. The quantitative estimate of drug-likeness (QED) is 0.585. The van der Waals surface area contributed by atoms with Gasteiger partial charge in [0, 0.05) is 17.5 Å². The molecule has 4 nitrogen and oxygen atoms in total. The number of hydrogen-bond donors (Lipinski definition) is 0. The number of Topliss-reactive ketones (excluding diaryl/α,β-unsaturated/α-hetero) is 1. The molecule has 0 spiro atoms. The Morgan fingerprint density at radius 3 is 2.46 bits per heavy atom.